The van der Waals surface area contributed by atoms with Gasteiger partial charge in [0, 0.05) is 19.5 Å². The summed E-state index contributed by atoms with van der Waals surface area (Å²) in [6.07, 6.45) is 2.01. The third kappa shape index (κ3) is 8.82. The van der Waals surface area contributed by atoms with Gasteiger partial charge < -0.3 is 10.2 Å². The fourth-order valence-corrected chi connectivity index (χ4v) is 6.79. The Morgan fingerprint density at radius 2 is 1.40 bits per heavy atom. The standard InChI is InChI=1S/C37H43N3O4S/c1-5-6-21-38-37(42)35(25-31-16-9-7-10-17-31)39(26-32-18-14-13-15-30(32)4)36(41)27-40(33-23-28(2)22-29(3)24-33)45(43,44)34-19-11-8-12-20-34/h7-20,22-24,35H,5-6,21,25-27H2,1-4H3,(H,38,42)/t35-/m1/s1. The molecule has 0 unspecified atom stereocenters. The first-order chi connectivity index (χ1) is 21.6. The van der Waals surface area contributed by atoms with Crippen LogP contribution in [0.25, 0.3) is 0 Å². The molecule has 0 saturated heterocycles. The summed E-state index contributed by atoms with van der Waals surface area (Å²) in [7, 11) is -4.13. The van der Waals surface area contributed by atoms with E-state index in [4.69, 9.17) is 0 Å². The Hall–Kier alpha value is -4.43. The maximum absolute atomic E-state index is 14.6. The zero-order valence-corrected chi connectivity index (χ0v) is 27.4. The lowest BCUT2D eigenvalue weighted by Gasteiger charge is -2.34. The molecule has 4 rings (SSSR count). The van der Waals surface area contributed by atoms with Crippen LogP contribution in [0.4, 0.5) is 5.69 Å². The monoisotopic (exact) mass is 625 g/mol. The number of anilines is 1. The van der Waals surface area contributed by atoms with Crippen LogP contribution >= 0.6 is 0 Å². The molecule has 0 fully saturated rings. The van der Waals surface area contributed by atoms with E-state index in [1.54, 1.807) is 35.2 Å². The lowest BCUT2D eigenvalue weighted by molar-refractivity contribution is -0.140. The Labute approximate surface area is 268 Å². The number of rotatable bonds is 14. The Morgan fingerprint density at radius 1 is 0.800 bits per heavy atom. The lowest BCUT2D eigenvalue weighted by Crippen LogP contribution is -2.53. The van der Waals surface area contributed by atoms with Gasteiger partial charge in [-0.1, -0.05) is 92.2 Å². The molecular weight excluding hydrogens is 582 g/mol. The molecule has 0 saturated carbocycles. The van der Waals surface area contributed by atoms with E-state index >= 15 is 0 Å². The van der Waals surface area contributed by atoms with Crippen LogP contribution in [0.15, 0.2) is 108 Å². The van der Waals surface area contributed by atoms with Gasteiger partial charge in [-0.15, -0.1) is 0 Å². The van der Waals surface area contributed by atoms with Crippen LogP contribution in [0, 0.1) is 20.8 Å². The van der Waals surface area contributed by atoms with Crippen molar-refractivity contribution < 1.29 is 18.0 Å². The van der Waals surface area contributed by atoms with Crippen molar-refractivity contribution >= 4 is 27.5 Å². The van der Waals surface area contributed by atoms with Gasteiger partial charge in [-0.25, -0.2) is 8.42 Å². The average Bonchev–Trinajstić information content (AvgIpc) is 3.02. The average molecular weight is 626 g/mol. The highest BCUT2D eigenvalue weighted by molar-refractivity contribution is 7.92. The maximum atomic E-state index is 14.6. The highest BCUT2D eigenvalue weighted by atomic mass is 32.2. The van der Waals surface area contributed by atoms with E-state index in [0.29, 0.717) is 12.2 Å². The quantitative estimate of drug-likeness (QED) is 0.165. The van der Waals surface area contributed by atoms with E-state index in [1.165, 1.54) is 16.4 Å². The molecule has 0 bridgehead atoms. The van der Waals surface area contributed by atoms with Crippen LogP contribution in [0.2, 0.25) is 0 Å². The van der Waals surface area contributed by atoms with Crippen LogP contribution in [0.5, 0.6) is 0 Å². The molecule has 0 aliphatic heterocycles. The number of benzene rings is 4. The topological polar surface area (TPSA) is 86.8 Å². The Balaban J connectivity index is 1.81. The van der Waals surface area contributed by atoms with Crippen molar-refractivity contribution in [2.45, 2.75) is 64.4 Å². The molecule has 8 heteroatoms. The summed E-state index contributed by atoms with van der Waals surface area (Å²) in [4.78, 5) is 30.1. The Bertz CT molecular complexity index is 1670. The second-order valence-corrected chi connectivity index (χ2v) is 13.3. The van der Waals surface area contributed by atoms with E-state index in [-0.39, 0.29) is 23.8 Å². The number of nitrogens with zero attached hydrogens (tertiary/aromatic N) is 2. The van der Waals surface area contributed by atoms with Gasteiger partial charge in [0.1, 0.15) is 12.6 Å². The fourth-order valence-electron chi connectivity index (χ4n) is 5.37. The molecule has 0 aromatic heterocycles. The molecule has 0 spiro atoms. The van der Waals surface area contributed by atoms with Crippen molar-refractivity contribution in [3.63, 3.8) is 0 Å². The third-order valence-electron chi connectivity index (χ3n) is 7.81. The molecule has 1 atom stereocenters. The maximum Gasteiger partial charge on any atom is 0.264 e. The number of carbonyl (C=O) groups is 2. The predicted molar refractivity (Wildman–Crippen MR) is 180 cm³/mol. The lowest BCUT2D eigenvalue weighted by atomic mass is 10.0. The normalized spacial score (nSPS) is 11.9. The molecule has 0 aliphatic carbocycles. The Morgan fingerprint density at radius 3 is 2.02 bits per heavy atom. The number of aryl methyl sites for hydroxylation is 3. The zero-order valence-electron chi connectivity index (χ0n) is 26.6. The van der Waals surface area contributed by atoms with Crippen molar-refractivity contribution in [1.29, 1.82) is 0 Å². The SMILES string of the molecule is CCCCNC(=O)[C@@H](Cc1ccccc1)N(Cc1ccccc1C)C(=O)CN(c1cc(C)cc(C)c1)S(=O)(=O)c1ccccc1. The largest absolute Gasteiger partial charge is 0.354 e. The molecule has 7 nitrogen and oxygen atoms in total. The molecule has 0 radical (unpaired) electrons. The van der Waals surface area contributed by atoms with Crippen LogP contribution in [-0.4, -0.2) is 44.3 Å². The first-order valence-corrected chi connectivity index (χ1v) is 16.9. The van der Waals surface area contributed by atoms with Crippen LogP contribution in [0.1, 0.15) is 47.6 Å². The highest BCUT2D eigenvalue weighted by Crippen LogP contribution is 2.27. The summed E-state index contributed by atoms with van der Waals surface area (Å²) in [6.45, 7) is 7.97. The minimum atomic E-state index is -4.13. The number of unbranched alkanes of at least 4 members (excludes halogenated alkanes) is 1. The summed E-state index contributed by atoms with van der Waals surface area (Å²) >= 11 is 0. The Kier molecular flexibility index (Phi) is 11.5. The van der Waals surface area contributed by atoms with Gasteiger partial charge in [0.15, 0.2) is 0 Å². The van der Waals surface area contributed by atoms with Gasteiger partial charge in [0.25, 0.3) is 10.0 Å². The number of amides is 2. The van der Waals surface area contributed by atoms with Crippen molar-refractivity contribution in [3.05, 3.63) is 131 Å². The second-order valence-electron chi connectivity index (χ2n) is 11.5. The van der Waals surface area contributed by atoms with E-state index in [1.807, 2.05) is 81.4 Å². The molecule has 0 aliphatic rings. The number of hydrogen-bond acceptors (Lipinski definition) is 4. The van der Waals surface area contributed by atoms with E-state index in [0.717, 1.165) is 40.7 Å². The number of carbonyl (C=O) groups excluding carboxylic acids is 2. The summed E-state index contributed by atoms with van der Waals surface area (Å²) in [5.74, 6) is -0.735. The predicted octanol–water partition coefficient (Wildman–Crippen LogP) is 6.36. The van der Waals surface area contributed by atoms with Crippen LogP contribution in [0.3, 0.4) is 0 Å². The smallest absolute Gasteiger partial charge is 0.264 e. The first-order valence-electron chi connectivity index (χ1n) is 15.4. The fraction of sp³-hybridized carbons (Fsp3) is 0.297. The van der Waals surface area contributed by atoms with Crippen LogP contribution in [-0.2, 0) is 32.6 Å². The van der Waals surface area contributed by atoms with Gasteiger partial charge in [-0.2, -0.15) is 0 Å². The zero-order chi connectivity index (χ0) is 32.4. The summed E-state index contributed by atoms with van der Waals surface area (Å²) in [6, 6.07) is 30.1. The van der Waals surface area contributed by atoms with Crippen molar-refractivity contribution in [2.75, 3.05) is 17.4 Å². The van der Waals surface area contributed by atoms with E-state index in [9.17, 15) is 18.0 Å². The van der Waals surface area contributed by atoms with Gasteiger partial charge >= 0.3 is 0 Å². The summed E-state index contributed by atoms with van der Waals surface area (Å²) in [5.41, 5.74) is 4.91. The van der Waals surface area contributed by atoms with Gasteiger partial charge in [0.2, 0.25) is 11.8 Å². The minimum Gasteiger partial charge on any atom is -0.354 e. The second kappa shape index (κ2) is 15.5. The molecule has 236 valence electrons. The van der Waals surface area contributed by atoms with Crippen molar-refractivity contribution in [2.24, 2.45) is 0 Å². The van der Waals surface area contributed by atoms with Crippen molar-refractivity contribution in [3.8, 4) is 0 Å². The molecule has 2 amide bonds. The molecule has 4 aromatic rings. The first kappa shape index (κ1) is 33.5. The number of hydrogen-bond donors (Lipinski definition) is 1. The van der Waals surface area contributed by atoms with Crippen molar-refractivity contribution in [1.82, 2.24) is 10.2 Å². The minimum absolute atomic E-state index is 0.0838. The van der Waals surface area contributed by atoms with Gasteiger partial charge in [0.05, 0.1) is 10.6 Å². The molecule has 0 heterocycles. The number of sulfonamides is 1. The molecule has 1 N–H and O–H groups in total. The summed E-state index contributed by atoms with van der Waals surface area (Å²) < 4.78 is 29.5. The van der Waals surface area contributed by atoms with E-state index in [2.05, 4.69) is 12.2 Å². The number of nitrogens with one attached hydrogen (secondary N) is 1. The molecular formula is C37H43N3O4S. The highest BCUT2D eigenvalue weighted by Gasteiger charge is 2.34. The third-order valence-corrected chi connectivity index (χ3v) is 9.60. The summed E-state index contributed by atoms with van der Waals surface area (Å²) in [5, 5.41) is 3.03. The van der Waals surface area contributed by atoms with Gasteiger partial charge in [-0.3, -0.25) is 13.9 Å². The van der Waals surface area contributed by atoms with Crippen LogP contribution < -0.4 is 9.62 Å². The molecule has 4 aromatic carbocycles. The van der Waals surface area contributed by atoms with E-state index < -0.39 is 28.5 Å². The van der Waals surface area contributed by atoms with Gasteiger partial charge in [-0.05, 0) is 79.3 Å². The molecule has 45 heavy (non-hydrogen) atoms.